The summed E-state index contributed by atoms with van der Waals surface area (Å²) in [5.41, 5.74) is 8.01. The number of carbonyl (C=O) groups excluding carboxylic acids is 2. The monoisotopic (exact) mass is 339 g/mol. The SMILES string of the molecule is CCCN(CCC)C(=O)c1ccc(NC(=O)c2cccc(N)c2)cc1. The molecule has 132 valence electrons. The molecule has 0 heterocycles. The van der Waals surface area contributed by atoms with Crippen LogP contribution in [0.2, 0.25) is 0 Å². The van der Waals surface area contributed by atoms with E-state index in [0.29, 0.717) is 22.5 Å². The number of benzene rings is 2. The molecular formula is C20H25N3O2. The minimum Gasteiger partial charge on any atom is -0.399 e. The largest absolute Gasteiger partial charge is 0.399 e. The molecule has 25 heavy (non-hydrogen) atoms. The zero-order valence-electron chi connectivity index (χ0n) is 14.8. The third-order valence-corrected chi connectivity index (χ3v) is 3.81. The van der Waals surface area contributed by atoms with E-state index in [-0.39, 0.29) is 11.8 Å². The van der Waals surface area contributed by atoms with E-state index in [1.54, 1.807) is 48.5 Å². The number of rotatable bonds is 7. The molecule has 3 N–H and O–H groups in total. The van der Waals surface area contributed by atoms with Crippen molar-refractivity contribution in [3.05, 3.63) is 59.7 Å². The summed E-state index contributed by atoms with van der Waals surface area (Å²) in [5.74, 6) is -0.206. The van der Waals surface area contributed by atoms with Gasteiger partial charge in [0.25, 0.3) is 11.8 Å². The molecule has 0 fully saturated rings. The zero-order chi connectivity index (χ0) is 18.2. The van der Waals surface area contributed by atoms with E-state index < -0.39 is 0 Å². The van der Waals surface area contributed by atoms with E-state index >= 15 is 0 Å². The lowest BCUT2D eigenvalue weighted by molar-refractivity contribution is 0.0755. The van der Waals surface area contributed by atoms with Gasteiger partial charge in [-0.2, -0.15) is 0 Å². The van der Waals surface area contributed by atoms with E-state index in [9.17, 15) is 9.59 Å². The quantitative estimate of drug-likeness (QED) is 0.754. The van der Waals surface area contributed by atoms with E-state index in [1.807, 2.05) is 4.90 Å². The number of hydrogen-bond donors (Lipinski definition) is 2. The fourth-order valence-electron chi connectivity index (χ4n) is 2.62. The van der Waals surface area contributed by atoms with Crippen molar-refractivity contribution in [3.63, 3.8) is 0 Å². The summed E-state index contributed by atoms with van der Waals surface area (Å²) in [6, 6.07) is 13.8. The van der Waals surface area contributed by atoms with Crippen LogP contribution in [0.5, 0.6) is 0 Å². The Balaban J connectivity index is 2.06. The van der Waals surface area contributed by atoms with Gasteiger partial charge in [-0.15, -0.1) is 0 Å². The molecule has 5 nitrogen and oxygen atoms in total. The summed E-state index contributed by atoms with van der Waals surface area (Å²) in [6.07, 6.45) is 1.86. The van der Waals surface area contributed by atoms with Crippen molar-refractivity contribution in [3.8, 4) is 0 Å². The summed E-state index contributed by atoms with van der Waals surface area (Å²) >= 11 is 0. The molecule has 2 amide bonds. The molecule has 2 rings (SSSR count). The van der Waals surface area contributed by atoms with Gasteiger partial charge < -0.3 is 16.0 Å². The van der Waals surface area contributed by atoms with Gasteiger partial charge in [-0.05, 0) is 55.3 Å². The number of carbonyl (C=O) groups is 2. The van der Waals surface area contributed by atoms with Gasteiger partial charge in [-0.3, -0.25) is 9.59 Å². The molecule has 2 aromatic rings. The maximum absolute atomic E-state index is 12.5. The third-order valence-electron chi connectivity index (χ3n) is 3.81. The lowest BCUT2D eigenvalue weighted by atomic mass is 10.1. The molecule has 0 saturated carbocycles. The topological polar surface area (TPSA) is 75.4 Å². The summed E-state index contributed by atoms with van der Waals surface area (Å²) in [5, 5.41) is 2.81. The van der Waals surface area contributed by atoms with Gasteiger partial charge in [0.05, 0.1) is 0 Å². The van der Waals surface area contributed by atoms with Crippen LogP contribution in [-0.4, -0.2) is 29.8 Å². The van der Waals surface area contributed by atoms with Gasteiger partial charge in [-0.1, -0.05) is 19.9 Å². The molecule has 0 atom stereocenters. The highest BCUT2D eigenvalue weighted by molar-refractivity contribution is 6.05. The summed E-state index contributed by atoms with van der Waals surface area (Å²) in [7, 11) is 0. The van der Waals surface area contributed by atoms with Crippen LogP contribution in [0.3, 0.4) is 0 Å². The van der Waals surface area contributed by atoms with Crippen molar-refractivity contribution in [1.82, 2.24) is 4.90 Å². The van der Waals surface area contributed by atoms with Gasteiger partial charge >= 0.3 is 0 Å². The van der Waals surface area contributed by atoms with Crippen LogP contribution in [0.25, 0.3) is 0 Å². The maximum Gasteiger partial charge on any atom is 0.255 e. The second-order valence-electron chi connectivity index (χ2n) is 5.95. The van der Waals surface area contributed by atoms with Crippen LogP contribution in [0.1, 0.15) is 47.4 Å². The van der Waals surface area contributed by atoms with Crippen LogP contribution < -0.4 is 11.1 Å². The second kappa shape index (κ2) is 8.87. The molecule has 0 bridgehead atoms. The number of amides is 2. The Kier molecular flexibility index (Phi) is 6.57. The number of nitrogen functional groups attached to an aromatic ring is 1. The molecule has 0 unspecified atom stereocenters. The Bertz CT molecular complexity index is 720. The fraction of sp³-hybridized carbons (Fsp3) is 0.300. The van der Waals surface area contributed by atoms with Crippen LogP contribution in [0, 0.1) is 0 Å². The van der Waals surface area contributed by atoms with Crippen molar-refractivity contribution in [1.29, 1.82) is 0 Å². The first-order valence-electron chi connectivity index (χ1n) is 8.61. The normalized spacial score (nSPS) is 10.3. The minimum atomic E-state index is -0.232. The minimum absolute atomic E-state index is 0.0254. The van der Waals surface area contributed by atoms with Crippen molar-refractivity contribution >= 4 is 23.2 Å². The third kappa shape index (κ3) is 5.08. The number of anilines is 2. The number of nitrogens with zero attached hydrogens (tertiary/aromatic N) is 1. The summed E-state index contributed by atoms with van der Waals surface area (Å²) < 4.78 is 0. The van der Waals surface area contributed by atoms with Crippen LogP contribution in [0.15, 0.2) is 48.5 Å². The highest BCUT2D eigenvalue weighted by Crippen LogP contribution is 2.14. The first-order chi connectivity index (χ1) is 12.0. The molecule has 0 saturated heterocycles. The van der Waals surface area contributed by atoms with Gasteiger partial charge in [0.15, 0.2) is 0 Å². The van der Waals surface area contributed by atoms with Crippen LogP contribution >= 0.6 is 0 Å². The molecule has 0 radical (unpaired) electrons. The number of nitrogens with two attached hydrogens (primary N) is 1. The first-order valence-corrected chi connectivity index (χ1v) is 8.61. The van der Waals surface area contributed by atoms with Crippen molar-refractivity contribution in [2.24, 2.45) is 0 Å². The lowest BCUT2D eigenvalue weighted by Gasteiger charge is -2.21. The average molecular weight is 339 g/mol. The Morgan fingerprint density at radius 1 is 0.960 bits per heavy atom. The van der Waals surface area contributed by atoms with E-state index in [2.05, 4.69) is 19.2 Å². The molecular weight excluding hydrogens is 314 g/mol. The Morgan fingerprint density at radius 2 is 1.60 bits per heavy atom. The molecule has 2 aromatic carbocycles. The Labute approximate surface area is 148 Å². The van der Waals surface area contributed by atoms with Gasteiger partial charge in [0.2, 0.25) is 0 Å². The van der Waals surface area contributed by atoms with E-state index in [0.717, 1.165) is 25.9 Å². The Morgan fingerprint density at radius 3 is 2.16 bits per heavy atom. The van der Waals surface area contributed by atoms with Gasteiger partial charge in [-0.25, -0.2) is 0 Å². The molecule has 5 heteroatoms. The van der Waals surface area contributed by atoms with E-state index in [1.165, 1.54) is 0 Å². The smallest absolute Gasteiger partial charge is 0.255 e. The van der Waals surface area contributed by atoms with Crippen molar-refractivity contribution in [2.75, 3.05) is 24.1 Å². The number of nitrogens with one attached hydrogen (secondary N) is 1. The maximum atomic E-state index is 12.5. The highest BCUT2D eigenvalue weighted by atomic mass is 16.2. The standard InChI is InChI=1S/C20H25N3O2/c1-3-12-23(13-4-2)20(25)15-8-10-18(11-9-15)22-19(24)16-6-5-7-17(21)14-16/h5-11,14H,3-4,12-13,21H2,1-2H3,(H,22,24). The zero-order valence-corrected chi connectivity index (χ0v) is 14.8. The number of hydrogen-bond acceptors (Lipinski definition) is 3. The van der Waals surface area contributed by atoms with Crippen LogP contribution in [0.4, 0.5) is 11.4 Å². The Hall–Kier alpha value is -2.82. The first kappa shape index (κ1) is 18.5. The van der Waals surface area contributed by atoms with Crippen molar-refractivity contribution < 1.29 is 9.59 Å². The molecule has 0 aliphatic carbocycles. The summed E-state index contributed by atoms with van der Waals surface area (Å²) in [4.78, 5) is 26.6. The predicted molar refractivity (Wildman–Crippen MR) is 102 cm³/mol. The fourth-order valence-corrected chi connectivity index (χ4v) is 2.62. The van der Waals surface area contributed by atoms with Crippen LogP contribution in [-0.2, 0) is 0 Å². The average Bonchev–Trinajstić information content (AvgIpc) is 2.61. The van der Waals surface area contributed by atoms with Gasteiger partial charge in [0.1, 0.15) is 0 Å². The summed E-state index contributed by atoms with van der Waals surface area (Å²) in [6.45, 7) is 5.62. The van der Waals surface area contributed by atoms with Crippen molar-refractivity contribution in [2.45, 2.75) is 26.7 Å². The highest BCUT2D eigenvalue weighted by Gasteiger charge is 2.14. The molecule has 0 aliphatic rings. The predicted octanol–water partition coefficient (Wildman–Crippen LogP) is 3.78. The molecule has 0 aromatic heterocycles. The lowest BCUT2D eigenvalue weighted by Crippen LogP contribution is -2.32. The van der Waals surface area contributed by atoms with Gasteiger partial charge in [0, 0.05) is 35.6 Å². The van der Waals surface area contributed by atoms with E-state index in [4.69, 9.17) is 5.73 Å². The molecule has 0 aliphatic heterocycles. The second-order valence-corrected chi connectivity index (χ2v) is 5.95. The molecule has 0 spiro atoms.